The van der Waals surface area contributed by atoms with Crippen LogP contribution in [-0.4, -0.2) is 33.0 Å². The first kappa shape index (κ1) is 11.1. The standard InChI is InChI=1S/C5H8Cl3NO2/c1-2-9(4(10)11)5(7,8)3-6/h2-3H2,1H3,(H,10,11). The van der Waals surface area contributed by atoms with Gasteiger partial charge in [-0.05, 0) is 6.92 Å². The minimum absolute atomic E-state index is 0.156. The second-order valence-electron chi connectivity index (χ2n) is 1.83. The lowest BCUT2D eigenvalue weighted by Gasteiger charge is -2.28. The van der Waals surface area contributed by atoms with Crippen LogP contribution in [0.5, 0.6) is 0 Å². The van der Waals surface area contributed by atoms with E-state index in [0.29, 0.717) is 0 Å². The molecular weight excluding hydrogens is 212 g/mol. The van der Waals surface area contributed by atoms with Crippen molar-refractivity contribution in [2.24, 2.45) is 0 Å². The van der Waals surface area contributed by atoms with Gasteiger partial charge in [0, 0.05) is 6.54 Å². The molecule has 0 atom stereocenters. The number of rotatable bonds is 3. The van der Waals surface area contributed by atoms with Gasteiger partial charge in [-0.3, -0.25) is 4.90 Å². The SMILES string of the molecule is CCN(C(=O)O)C(Cl)(Cl)CCl. The summed E-state index contributed by atoms with van der Waals surface area (Å²) in [5, 5.41) is 8.54. The van der Waals surface area contributed by atoms with E-state index in [-0.39, 0.29) is 12.4 Å². The van der Waals surface area contributed by atoms with E-state index in [0.717, 1.165) is 4.90 Å². The molecular formula is C5H8Cl3NO2. The highest BCUT2D eigenvalue weighted by Crippen LogP contribution is 2.27. The smallest absolute Gasteiger partial charge is 0.409 e. The molecule has 11 heavy (non-hydrogen) atoms. The molecule has 0 aromatic rings. The van der Waals surface area contributed by atoms with Gasteiger partial charge in [-0.1, -0.05) is 23.2 Å². The van der Waals surface area contributed by atoms with E-state index < -0.39 is 10.6 Å². The van der Waals surface area contributed by atoms with Crippen molar-refractivity contribution in [3.05, 3.63) is 0 Å². The van der Waals surface area contributed by atoms with Crippen LogP contribution in [0.2, 0.25) is 0 Å². The van der Waals surface area contributed by atoms with Gasteiger partial charge in [0.15, 0.2) is 0 Å². The third-order valence-electron chi connectivity index (χ3n) is 1.10. The number of halogens is 3. The Morgan fingerprint density at radius 3 is 2.18 bits per heavy atom. The molecule has 66 valence electrons. The highest BCUT2D eigenvalue weighted by molar-refractivity contribution is 6.51. The molecule has 0 saturated heterocycles. The number of carboxylic acid groups (broad SMARTS) is 1. The molecule has 6 heteroatoms. The molecule has 1 amide bonds. The highest BCUT2D eigenvalue weighted by atomic mass is 35.5. The second kappa shape index (κ2) is 4.24. The van der Waals surface area contributed by atoms with E-state index in [4.69, 9.17) is 39.9 Å². The van der Waals surface area contributed by atoms with E-state index in [2.05, 4.69) is 0 Å². The number of hydrogen-bond donors (Lipinski definition) is 1. The first-order valence-corrected chi connectivity index (χ1v) is 4.19. The lowest BCUT2D eigenvalue weighted by molar-refractivity contribution is 0.139. The molecule has 0 aliphatic rings. The number of hydrogen-bond acceptors (Lipinski definition) is 1. The zero-order valence-corrected chi connectivity index (χ0v) is 8.12. The van der Waals surface area contributed by atoms with E-state index in [1.165, 1.54) is 0 Å². The van der Waals surface area contributed by atoms with Crippen molar-refractivity contribution >= 4 is 40.9 Å². The topological polar surface area (TPSA) is 40.5 Å². The Bertz CT molecular complexity index is 151. The molecule has 0 aliphatic carbocycles. The van der Waals surface area contributed by atoms with Gasteiger partial charge in [-0.2, -0.15) is 0 Å². The second-order valence-corrected chi connectivity index (χ2v) is 3.54. The molecule has 0 aromatic carbocycles. The summed E-state index contributed by atoms with van der Waals surface area (Å²) < 4.78 is -1.53. The Morgan fingerprint density at radius 1 is 1.64 bits per heavy atom. The number of nitrogens with zero attached hydrogens (tertiary/aromatic N) is 1. The van der Waals surface area contributed by atoms with E-state index >= 15 is 0 Å². The third-order valence-corrected chi connectivity index (χ3v) is 2.44. The molecule has 0 bridgehead atoms. The summed E-state index contributed by atoms with van der Waals surface area (Å²) in [4.78, 5) is 11.3. The highest BCUT2D eigenvalue weighted by Gasteiger charge is 2.33. The summed E-state index contributed by atoms with van der Waals surface area (Å²) in [6.07, 6.45) is -1.18. The predicted octanol–water partition coefficient (Wildman–Crippen LogP) is 2.36. The van der Waals surface area contributed by atoms with Gasteiger partial charge in [-0.15, -0.1) is 11.6 Å². The normalized spacial score (nSPS) is 11.3. The van der Waals surface area contributed by atoms with Crippen molar-refractivity contribution < 1.29 is 9.90 Å². The largest absolute Gasteiger partial charge is 0.465 e. The Balaban J connectivity index is 4.36. The van der Waals surface area contributed by atoms with Gasteiger partial charge in [0.05, 0.1) is 5.88 Å². The van der Waals surface area contributed by atoms with Crippen molar-refractivity contribution in [1.29, 1.82) is 0 Å². The zero-order valence-electron chi connectivity index (χ0n) is 5.85. The summed E-state index contributed by atoms with van der Waals surface area (Å²) in [6, 6.07) is 0. The van der Waals surface area contributed by atoms with Crippen LogP contribution < -0.4 is 0 Å². The lowest BCUT2D eigenvalue weighted by atomic mass is 10.5. The quantitative estimate of drug-likeness (QED) is 0.586. The molecule has 0 aromatic heterocycles. The molecule has 0 fully saturated rings. The van der Waals surface area contributed by atoms with Gasteiger partial charge in [0.1, 0.15) is 0 Å². The maximum Gasteiger partial charge on any atom is 0.409 e. The minimum Gasteiger partial charge on any atom is -0.465 e. The maximum absolute atomic E-state index is 10.4. The van der Waals surface area contributed by atoms with Crippen LogP contribution in [0.1, 0.15) is 6.92 Å². The molecule has 0 saturated carbocycles. The summed E-state index contributed by atoms with van der Waals surface area (Å²) >= 11 is 16.5. The van der Waals surface area contributed by atoms with Crippen molar-refractivity contribution in [1.82, 2.24) is 4.90 Å². The molecule has 0 unspecified atom stereocenters. The van der Waals surface area contributed by atoms with Gasteiger partial charge in [-0.25, -0.2) is 4.79 Å². The van der Waals surface area contributed by atoms with Crippen molar-refractivity contribution in [3.63, 3.8) is 0 Å². The monoisotopic (exact) mass is 219 g/mol. The molecule has 3 nitrogen and oxygen atoms in total. The number of amides is 1. The number of alkyl halides is 3. The Labute approximate surface area is 79.8 Å². The molecule has 0 radical (unpaired) electrons. The predicted molar refractivity (Wildman–Crippen MR) is 45.6 cm³/mol. The fourth-order valence-corrected chi connectivity index (χ4v) is 1.11. The average Bonchev–Trinajstić information content (AvgIpc) is 1.88. The van der Waals surface area contributed by atoms with Crippen molar-refractivity contribution in [2.45, 2.75) is 11.4 Å². The van der Waals surface area contributed by atoms with Crippen LogP contribution in [0.4, 0.5) is 4.79 Å². The van der Waals surface area contributed by atoms with Crippen molar-refractivity contribution in [3.8, 4) is 0 Å². The summed E-state index contributed by atoms with van der Waals surface area (Å²) in [6.45, 7) is 1.83. The Morgan fingerprint density at radius 2 is 2.09 bits per heavy atom. The molecule has 0 aliphatic heterocycles. The van der Waals surface area contributed by atoms with E-state index in [1.54, 1.807) is 6.92 Å². The number of carbonyl (C=O) groups is 1. The minimum atomic E-state index is -1.53. The van der Waals surface area contributed by atoms with Crippen LogP contribution >= 0.6 is 34.8 Å². The molecule has 1 N–H and O–H groups in total. The van der Waals surface area contributed by atoms with Crippen LogP contribution in [0.25, 0.3) is 0 Å². The van der Waals surface area contributed by atoms with E-state index in [1.807, 2.05) is 0 Å². The van der Waals surface area contributed by atoms with E-state index in [9.17, 15) is 4.79 Å². The Hall–Kier alpha value is 0.140. The summed E-state index contributed by atoms with van der Waals surface area (Å²) in [5.41, 5.74) is 0. The zero-order chi connectivity index (χ0) is 9.07. The van der Waals surface area contributed by atoms with Crippen LogP contribution in [0.3, 0.4) is 0 Å². The van der Waals surface area contributed by atoms with Crippen LogP contribution in [-0.2, 0) is 0 Å². The van der Waals surface area contributed by atoms with Gasteiger partial charge in [0.25, 0.3) is 0 Å². The molecule has 0 heterocycles. The molecule has 0 spiro atoms. The first-order chi connectivity index (χ1) is 4.95. The van der Waals surface area contributed by atoms with Gasteiger partial charge >= 0.3 is 6.09 Å². The fraction of sp³-hybridized carbons (Fsp3) is 0.800. The fourth-order valence-electron chi connectivity index (χ4n) is 0.579. The van der Waals surface area contributed by atoms with Gasteiger partial charge < -0.3 is 5.11 Å². The third kappa shape index (κ3) is 2.93. The van der Waals surface area contributed by atoms with Crippen molar-refractivity contribution in [2.75, 3.05) is 12.4 Å². The summed E-state index contributed by atoms with van der Waals surface area (Å²) in [7, 11) is 0. The average molecular weight is 220 g/mol. The maximum atomic E-state index is 10.4. The molecule has 0 rings (SSSR count). The lowest BCUT2D eigenvalue weighted by Crippen LogP contribution is -2.44. The van der Waals surface area contributed by atoms with Gasteiger partial charge in [0.2, 0.25) is 4.46 Å². The van der Waals surface area contributed by atoms with Crippen LogP contribution in [0.15, 0.2) is 0 Å². The Kier molecular flexibility index (Phi) is 4.29. The van der Waals surface area contributed by atoms with Crippen LogP contribution in [0, 0.1) is 0 Å². The first-order valence-electron chi connectivity index (χ1n) is 2.90. The summed E-state index contributed by atoms with van der Waals surface area (Å²) in [5.74, 6) is -0.156.